The highest BCUT2D eigenvalue weighted by Crippen LogP contribution is 2.28. The van der Waals surface area contributed by atoms with Gasteiger partial charge in [0.1, 0.15) is 5.75 Å². The van der Waals surface area contributed by atoms with Crippen LogP contribution in [0.1, 0.15) is 18.2 Å². The first-order valence-electron chi connectivity index (χ1n) is 6.56. The van der Waals surface area contributed by atoms with E-state index in [1.807, 2.05) is 18.2 Å². The maximum absolute atomic E-state index is 5.95. The molecule has 1 aromatic heterocycles. The fourth-order valence-electron chi connectivity index (χ4n) is 1.89. The van der Waals surface area contributed by atoms with E-state index >= 15 is 0 Å². The number of ether oxygens (including phenoxy) is 1. The first kappa shape index (κ1) is 15.2. The van der Waals surface area contributed by atoms with E-state index in [0.717, 1.165) is 34.6 Å². The van der Waals surface area contributed by atoms with Crippen LogP contribution in [0.5, 0.6) is 5.75 Å². The fraction of sp³-hybridized carbons (Fsp3) is 0.333. The number of nitrogen functional groups attached to an aromatic ring is 1. The summed E-state index contributed by atoms with van der Waals surface area (Å²) in [6, 6.07) is 8.02. The number of benzene rings is 1. The normalized spacial score (nSPS) is 10.6. The van der Waals surface area contributed by atoms with Crippen LogP contribution < -0.4 is 15.4 Å². The lowest BCUT2D eigenvalue weighted by atomic mass is 10.2. The molecule has 0 radical (unpaired) electrons. The minimum absolute atomic E-state index is 0.713. The van der Waals surface area contributed by atoms with E-state index in [-0.39, 0.29) is 0 Å². The van der Waals surface area contributed by atoms with Crippen molar-refractivity contribution >= 4 is 38.6 Å². The molecule has 0 aliphatic heterocycles. The third kappa shape index (κ3) is 4.15. The Morgan fingerprint density at radius 3 is 2.75 bits per heavy atom. The van der Waals surface area contributed by atoms with Gasteiger partial charge in [-0.05, 0) is 34.5 Å². The predicted molar refractivity (Wildman–Crippen MR) is 90.8 cm³/mol. The van der Waals surface area contributed by atoms with Crippen LogP contribution in [0.25, 0.3) is 0 Å². The topological polar surface area (TPSA) is 38.5 Å². The highest BCUT2D eigenvalue weighted by Gasteiger charge is 2.07. The van der Waals surface area contributed by atoms with E-state index < -0.39 is 0 Å². The smallest absolute Gasteiger partial charge is 0.123 e. The van der Waals surface area contributed by atoms with Crippen LogP contribution >= 0.6 is 27.3 Å². The highest BCUT2D eigenvalue weighted by atomic mass is 79.9. The summed E-state index contributed by atoms with van der Waals surface area (Å²) in [5.74, 6) is 0.834. The average molecular weight is 355 g/mol. The summed E-state index contributed by atoms with van der Waals surface area (Å²) >= 11 is 5.23. The molecule has 0 saturated carbocycles. The van der Waals surface area contributed by atoms with Gasteiger partial charge in [-0.3, -0.25) is 0 Å². The maximum Gasteiger partial charge on any atom is 0.123 e. The van der Waals surface area contributed by atoms with Crippen molar-refractivity contribution in [3.63, 3.8) is 0 Å². The van der Waals surface area contributed by atoms with Gasteiger partial charge in [-0.25, -0.2) is 0 Å². The van der Waals surface area contributed by atoms with Gasteiger partial charge in [0, 0.05) is 45.3 Å². The van der Waals surface area contributed by atoms with Crippen molar-refractivity contribution in [1.29, 1.82) is 0 Å². The van der Waals surface area contributed by atoms with Gasteiger partial charge in [-0.1, -0.05) is 6.92 Å². The van der Waals surface area contributed by atoms with E-state index in [1.165, 1.54) is 4.88 Å². The SMILES string of the molecule is CCCOc1cc(N)cc(N(C)Cc2cc(Br)cs2)c1. The van der Waals surface area contributed by atoms with Gasteiger partial charge < -0.3 is 15.4 Å². The second-order valence-electron chi connectivity index (χ2n) is 4.70. The van der Waals surface area contributed by atoms with Gasteiger partial charge >= 0.3 is 0 Å². The predicted octanol–water partition coefficient (Wildman–Crippen LogP) is 4.52. The van der Waals surface area contributed by atoms with Gasteiger partial charge in [-0.15, -0.1) is 11.3 Å². The molecule has 108 valence electrons. The Kier molecular flexibility index (Phi) is 5.31. The molecule has 0 aliphatic rings. The molecule has 0 amide bonds. The van der Waals surface area contributed by atoms with Crippen molar-refractivity contribution in [3.8, 4) is 5.75 Å². The van der Waals surface area contributed by atoms with Crippen molar-refractivity contribution < 1.29 is 4.74 Å². The van der Waals surface area contributed by atoms with Gasteiger partial charge in [0.2, 0.25) is 0 Å². The zero-order valence-electron chi connectivity index (χ0n) is 11.7. The lowest BCUT2D eigenvalue weighted by molar-refractivity contribution is 0.317. The van der Waals surface area contributed by atoms with Crippen molar-refractivity contribution in [1.82, 2.24) is 0 Å². The Morgan fingerprint density at radius 2 is 2.10 bits per heavy atom. The Morgan fingerprint density at radius 1 is 1.30 bits per heavy atom. The van der Waals surface area contributed by atoms with Crippen molar-refractivity contribution in [3.05, 3.63) is 39.0 Å². The third-order valence-electron chi connectivity index (χ3n) is 2.84. The average Bonchev–Trinajstić information content (AvgIpc) is 2.81. The van der Waals surface area contributed by atoms with E-state index in [1.54, 1.807) is 11.3 Å². The van der Waals surface area contributed by atoms with Crippen molar-refractivity contribution in [2.75, 3.05) is 24.3 Å². The minimum Gasteiger partial charge on any atom is -0.493 e. The molecule has 2 aromatic rings. The number of thiophene rings is 1. The molecule has 1 aromatic carbocycles. The summed E-state index contributed by atoms with van der Waals surface area (Å²) in [7, 11) is 2.06. The summed E-state index contributed by atoms with van der Waals surface area (Å²) in [6.45, 7) is 3.66. The number of nitrogens with two attached hydrogens (primary N) is 1. The minimum atomic E-state index is 0.713. The number of nitrogens with zero attached hydrogens (tertiary/aromatic N) is 1. The molecule has 2 N–H and O–H groups in total. The lowest BCUT2D eigenvalue weighted by Crippen LogP contribution is -2.16. The molecule has 0 atom stereocenters. The monoisotopic (exact) mass is 354 g/mol. The summed E-state index contributed by atoms with van der Waals surface area (Å²) in [6.07, 6.45) is 0.989. The van der Waals surface area contributed by atoms with E-state index in [4.69, 9.17) is 10.5 Å². The molecular weight excluding hydrogens is 336 g/mol. The fourth-order valence-corrected chi connectivity index (χ4v) is 3.39. The molecule has 0 saturated heterocycles. The first-order valence-corrected chi connectivity index (χ1v) is 8.23. The van der Waals surface area contributed by atoms with Gasteiger partial charge in [0.25, 0.3) is 0 Å². The summed E-state index contributed by atoms with van der Waals surface area (Å²) in [5.41, 5.74) is 7.75. The van der Waals surface area contributed by atoms with Crippen LogP contribution in [-0.4, -0.2) is 13.7 Å². The zero-order chi connectivity index (χ0) is 14.5. The largest absolute Gasteiger partial charge is 0.493 e. The summed E-state index contributed by atoms with van der Waals surface area (Å²) < 4.78 is 6.80. The molecule has 5 heteroatoms. The van der Waals surface area contributed by atoms with Crippen molar-refractivity contribution in [2.24, 2.45) is 0 Å². The summed E-state index contributed by atoms with van der Waals surface area (Å²) in [4.78, 5) is 3.48. The molecular formula is C15H19BrN2OS. The third-order valence-corrected chi connectivity index (χ3v) is 4.52. The lowest BCUT2D eigenvalue weighted by Gasteiger charge is -2.20. The molecule has 0 bridgehead atoms. The Hall–Kier alpha value is -1.20. The number of hydrogen-bond acceptors (Lipinski definition) is 4. The molecule has 0 spiro atoms. The number of halogens is 1. The first-order chi connectivity index (χ1) is 9.58. The molecule has 0 aliphatic carbocycles. The Bertz CT molecular complexity index is 571. The van der Waals surface area contributed by atoms with Gasteiger partial charge in [0.15, 0.2) is 0 Å². The van der Waals surface area contributed by atoms with Crippen LogP contribution in [0.15, 0.2) is 34.1 Å². The van der Waals surface area contributed by atoms with Gasteiger partial charge in [-0.2, -0.15) is 0 Å². The molecule has 0 fully saturated rings. The van der Waals surface area contributed by atoms with E-state index in [0.29, 0.717) is 6.61 Å². The van der Waals surface area contributed by atoms with Crippen LogP contribution in [0.4, 0.5) is 11.4 Å². The highest BCUT2D eigenvalue weighted by molar-refractivity contribution is 9.10. The van der Waals surface area contributed by atoms with Gasteiger partial charge in [0.05, 0.1) is 13.2 Å². The molecule has 2 rings (SSSR count). The quantitative estimate of drug-likeness (QED) is 0.775. The maximum atomic E-state index is 5.95. The Labute approximate surface area is 132 Å². The zero-order valence-corrected chi connectivity index (χ0v) is 14.1. The van der Waals surface area contributed by atoms with Crippen LogP contribution in [0.2, 0.25) is 0 Å². The second-order valence-corrected chi connectivity index (χ2v) is 6.61. The summed E-state index contributed by atoms with van der Waals surface area (Å²) in [5, 5.41) is 2.10. The van der Waals surface area contributed by atoms with Crippen LogP contribution in [0, 0.1) is 0 Å². The van der Waals surface area contributed by atoms with E-state index in [9.17, 15) is 0 Å². The molecule has 20 heavy (non-hydrogen) atoms. The second kappa shape index (κ2) is 6.99. The van der Waals surface area contributed by atoms with Crippen molar-refractivity contribution in [2.45, 2.75) is 19.9 Å². The number of anilines is 2. The number of rotatable bonds is 6. The molecule has 0 unspecified atom stereocenters. The van der Waals surface area contributed by atoms with Crippen LogP contribution in [-0.2, 0) is 6.54 Å². The Balaban J connectivity index is 2.12. The molecule has 1 heterocycles. The van der Waals surface area contributed by atoms with Crippen LogP contribution in [0.3, 0.4) is 0 Å². The standard InChI is InChI=1S/C15H19BrN2OS/c1-3-4-19-14-7-12(17)6-13(8-14)18(2)9-15-5-11(16)10-20-15/h5-8,10H,3-4,9,17H2,1-2H3. The molecule has 3 nitrogen and oxygen atoms in total. The van der Waals surface area contributed by atoms with E-state index in [2.05, 4.69) is 46.2 Å². The number of hydrogen-bond donors (Lipinski definition) is 1.